The molecule has 2 aromatic rings. The van der Waals surface area contributed by atoms with Gasteiger partial charge in [0.25, 0.3) is 5.91 Å². The predicted octanol–water partition coefficient (Wildman–Crippen LogP) is 2.02. The van der Waals surface area contributed by atoms with Crippen LogP contribution in [-0.4, -0.2) is 43.4 Å². The quantitative estimate of drug-likeness (QED) is 0.838. The van der Waals surface area contributed by atoms with Crippen LogP contribution in [0.15, 0.2) is 48.8 Å². The zero-order valence-corrected chi connectivity index (χ0v) is 15.6. The molecule has 26 heavy (non-hydrogen) atoms. The van der Waals surface area contributed by atoms with E-state index in [1.165, 1.54) is 6.20 Å². The standard InChI is InChI=1S/C19H23N3O3S/c1-2-22(17-8-9-26(24,25)14-17)18-10-16(12-20-13-18)19(23)21-11-15-6-4-3-5-7-15/h3-7,10,12-13,17H,2,8-9,11,14H2,1H3,(H,21,23). The minimum Gasteiger partial charge on any atom is -0.367 e. The number of nitrogens with zero attached hydrogens (tertiary/aromatic N) is 2. The van der Waals surface area contributed by atoms with Crippen LogP contribution in [0.2, 0.25) is 0 Å². The second-order valence-electron chi connectivity index (χ2n) is 6.44. The van der Waals surface area contributed by atoms with Crippen LogP contribution in [0.25, 0.3) is 0 Å². The molecule has 1 aromatic carbocycles. The van der Waals surface area contributed by atoms with Gasteiger partial charge in [0.15, 0.2) is 9.84 Å². The summed E-state index contributed by atoms with van der Waals surface area (Å²) in [6.07, 6.45) is 3.83. The summed E-state index contributed by atoms with van der Waals surface area (Å²) >= 11 is 0. The Labute approximate surface area is 154 Å². The number of carbonyl (C=O) groups excluding carboxylic acids is 1. The monoisotopic (exact) mass is 373 g/mol. The third-order valence-electron chi connectivity index (χ3n) is 4.60. The summed E-state index contributed by atoms with van der Waals surface area (Å²) in [4.78, 5) is 18.6. The number of carbonyl (C=O) groups is 1. The Morgan fingerprint density at radius 1 is 1.27 bits per heavy atom. The van der Waals surface area contributed by atoms with E-state index in [1.807, 2.05) is 42.2 Å². The number of benzene rings is 1. The first-order chi connectivity index (χ1) is 12.5. The number of pyridine rings is 1. The van der Waals surface area contributed by atoms with Crippen LogP contribution in [0.5, 0.6) is 0 Å². The summed E-state index contributed by atoms with van der Waals surface area (Å²) in [6, 6.07) is 11.4. The van der Waals surface area contributed by atoms with Gasteiger partial charge in [0.1, 0.15) is 0 Å². The summed E-state index contributed by atoms with van der Waals surface area (Å²) in [5.41, 5.74) is 2.27. The van der Waals surface area contributed by atoms with Crippen molar-refractivity contribution in [3.05, 3.63) is 59.9 Å². The first-order valence-corrected chi connectivity index (χ1v) is 10.5. The van der Waals surface area contributed by atoms with Crippen molar-refractivity contribution < 1.29 is 13.2 Å². The zero-order chi connectivity index (χ0) is 18.6. The van der Waals surface area contributed by atoms with Gasteiger partial charge in [-0.2, -0.15) is 0 Å². The fourth-order valence-electron chi connectivity index (χ4n) is 3.26. The van der Waals surface area contributed by atoms with Crippen LogP contribution >= 0.6 is 0 Å². The summed E-state index contributed by atoms with van der Waals surface area (Å²) in [5.74, 6) is 0.183. The fraction of sp³-hybridized carbons (Fsp3) is 0.368. The summed E-state index contributed by atoms with van der Waals surface area (Å²) in [6.45, 7) is 3.09. The Balaban J connectivity index is 1.71. The Hall–Kier alpha value is -2.41. The molecule has 1 saturated heterocycles. The van der Waals surface area contributed by atoms with E-state index in [4.69, 9.17) is 0 Å². The largest absolute Gasteiger partial charge is 0.367 e. The molecule has 1 aliphatic heterocycles. The van der Waals surface area contributed by atoms with Gasteiger partial charge in [-0.05, 0) is 25.0 Å². The molecule has 1 amide bonds. The average molecular weight is 373 g/mol. The van der Waals surface area contributed by atoms with Crippen molar-refractivity contribution in [1.82, 2.24) is 10.3 Å². The highest BCUT2D eigenvalue weighted by Gasteiger charge is 2.32. The average Bonchev–Trinajstić information content (AvgIpc) is 3.01. The number of nitrogens with one attached hydrogen (secondary N) is 1. The third kappa shape index (κ3) is 4.40. The normalized spacial score (nSPS) is 18.4. The van der Waals surface area contributed by atoms with Crippen LogP contribution in [0.4, 0.5) is 5.69 Å². The molecule has 1 aromatic heterocycles. The van der Waals surface area contributed by atoms with Gasteiger partial charge in [0.2, 0.25) is 0 Å². The molecule has 1 N–H and O–H groups in total. The van der Waals surface area contributed by atoms with E-state index < -0.39 is 9.84 Å². The molecule has 138 valence electrons. The molecule has 7 heteroatoms. The predicted molar refractivity (Wildman–Crippen MR) is 102 cm³/mol. The maximum atomic E-state index is 12.4. The zero-order valence-electron chi connectivity index (χ0n) is 14.8. The van der Waals surface area contributed by atoms with Crippen LogP contribution in [0.1, 0.15) is 29.3 Å². The number of hydrogen-bond acceptors (Lipinski definition) is 5. The maximum Gasteiger partial charge on any atom is 0.253 e. The molecule has 0 aliphatic carbocycles. The Kier molecular flexibility index (Phi) is 5.56. The summed E-state index contributed by atoms with van der Waals surface area (Å²) in [5, 5.41) is 2.89. The first kappa shape index (κ1) is 18.4. The number of amides is 1. The SMILES string of the molecule is CCN(c1cncc(C(=O)NCc2ccccc2)c1)C1CCS(=O)(=O)C1. The first-order valence-electron chi connectivity index (χ1n) is 8.73. The van der Waals surface area contributed by atoms with Crippen LogP contribution in [-0.2, 0) is 16.4 Å². The van der Waals surface area contributed by atoms with Gasteiger partial charge in [-0.25, -0.2) is 8.42 Å². The number of aromatic nitrogens is 1. The van der Waals surface area contributed by atoms with Gasteiger partial charge in [-0.15, -0.1) is 0 Å². The molecule has 1 unspecified atom stereocenters. The van der Waals surface area contributed by atoms with Gasteiger partial charge >= 0.3 is 0 Å². The molecule has 2 heterocycles. The van der Waals surface area contributed by atoms with E-state index in [1.54, 1.807) is 12.3 Å². The molecule has 1 atom stereocenters. The van der Waals surface area contributed by atoms with Crippen molar-refractivity contribution in [2.45, 2.75) is 25.9 Å². The summed E-state index contributed by atoms with van der Waals surface area (Å²) < 4.78 is 23.6. The summed E-state index contributed by atoms with van der Waals surface area (Å²) in [7, 11) is -2.97. The van der Waals surface area contributed by atoms with Crippen molar-refractivity contribution in [1.29, 1.82) is 0 Å². The second-order valence-corrected chi connectivity index (χ2v) is 8.67. The second kappa shape index (κ2) is 7.86. The van der Waals surface area contributed by atoms with E-state index >= 15 is 0 Å². The topological polar surface area (TPSA) is 79.4 Å². The molecule has 0 spiro atoms. The highest BCUT2D eigenvalue weighted by Crippen LogP contribution is 2.24. The maximum absolute atomic E-state index is 12.4. The van der Waals surface area contributed by atoms with Gasteiger partial charge in [-0.1, -0.05) is 30.3 Å². The Morgan fingerprint density at radius 2 is 2.04 bits per heavy atom. The van der Waals surface area contributed by atoms with Crippen LogP contribution in [0.3, 0.4) is 0 Å². The minimum atomic E-state index is -2.97. The lowest BCUT2D eigenvalue weighted by molar-refractivity contribution is 0.0950. The molecule has 1 fully saturated rings. The van der Waals surface area contributed by atoms with Crippen molar-refractivity contribution in [2.75, 3.05) is 23.0 Å². The molecular formula is C19H23N3O3S. The molecule has 3 rings (SSSR count). The smallest absolute Gasteiger partial charge is 0.253 e. The van der Waals surface area contributed by atoms with E-state index in [2.05, 4.69) is 10.3 Å². The molecule has 0 bridgehead atoms. The number of rotatable bonds is 6. The van der Waals surface area contributed by atoms with Gasteiger partial charge in [0, 0.05) is 25.3 Å². The van der Waals surface area contributed by atoms with Gasteiger partial charge in [0.05, 0.1) is 29.0 Å². The minimum absolute atomic E-state index is 0.0607. The van der Waals surface area contributed by atoms with Gasteiger partial charge in [-0.3, -0.25) is 9.78 Å². The molecule has 0 radical (unpaired) electrons. The van der Waals surface area contributed by atoms with Crippen molar-refractivity contribution >= 4 is 21.4 Å². The van der Waals surface area contributed by atoms with E-state index in [-0.39, 0.29) is 23.5 Å². The van der Waals surface area contributed by atoms with Crippen LogP contribution in [0, 0.1) is 0 Å². The molecule has 0 saturated carbocycles. The third-order valence-corrected chi connectivity index (χ3v) is 6.35. The van der Waals surface area contributed by atoms with E-state index in [9.17, 15) is 13.2 Å². The number of sulfone groups is 1. The van der Waals surface area contributed by atoms with Crippen molar-refractivity contribution in [3.8, 4) is 0 Å². The molecule has 6 nitrogen and oxygen atoms in total. The van der Waals surface area contributed by atoms with Gasteiger partial charge < -0.3 is 10.2 Å². The lowest BCUT2D eigenvalue weighted by Gasteiger charge is -2.29. The highest BCUT2D eigenvalue weighted by atomic mass is 32.2. The lowest BCUT2D eigenvalue weighted by atomic mass is 10.1. The van der Waals surface area contributed by atoms with E-state index in [0.29, 0.717) is 25.1 Å². The van der Waals surface area contributed by atoms with Crippen molar-refractivity contribution in [3.63, 3.8) is 0 Å². The van der Waals surface area contributed by atoms with E-state index in [0.717, 1.165) is 11.3 Å². The number of hydrogen-bond donors (Lipinski definition) is 1. The Morgan fingerprint density at radius 3 is 2.69 bits per heavy atom. The fourth-order valence-corrected chi connectivity index (χ4v) is 4.99. The Bertz CT molecular complexity index is 869. The molecular weight excluding hydrogens is 350 g/mol. The highest BCUT2D eigenvalue weighted by molar-refractivity contribution is 7.91. The number of anilines is 1. The van der Waals surface area contributed by atoms with Crippen molar-refractivity contribution in [2.24, 2.45) is 0 Å². The van der Waals surface area contributed by atoms with Crippen LogP contribution < -0.4 is 10.2 Å². The lowest BCUT2D eigenvalue weighted by Crippen LogP contribution is -2.36. The molecule has 1 aliphatic rings.